The number of nitrogens with zero attached hydrogens (tertiary/aromatic N) is 1. The first kappa shape index (κ1) is 10.2. The van der Waals surface area contributed by atoms with Crippen molar-refractivity contribution in [2.24, 2.45) is 0 Å². The number of rotatable bonds is 3. The molecule has 82 valence electrons. The maximum Gasteiger partial charge on any atom is 0.342 e. The molecule has 0 amide bonds. The van der Waals surface area contributed by atoms with Gasteiger partial charge in [-0.05, 0) is 31.9 Å². The molecule has 2 rings (SSSR count). The van der Waals surface area contributed by atoms with Gasteiger partial charge in [-0.15, -0.1) is 0 Å². The van der Waals surface area contributed by atoms with Crippen molar-refractivity contribution in [1.82, 2.24) is 4.57 Å². The Morgan fingerprint density at radius 2 is 2.53 bits per heavy atom. The lowest BCUT2D eigenvalue weighted by Gasteiger charge is -2.24. The molecule has 0 aliphatic carbocycles. The van der Waals surface area contributed by atoms with Gasteiger partial charge in [-0.25, -0.2) is 4.79 Å². The van der Waals surface area contributed by atoms with Crippen LogP contribution in [0.5, 0.6) is 0 Å². The molecule has 4 heteroatoms. The Balaban J connectivity index is 2.45. The Bertz CT molecular complexity index is 364. The van der Waals surface area contributed by atoms with Crippen LogP contribution in [0.25, 0.3) is 0 Å². The predicted octanol–water partition coefficient (Wildman–Crippen LogP) is 1.60. The second-order valence-electron chi connectivity index (χ2n) is 3.76. The molecule has 1 aromatic heterocycles. The fourth-order valence-electron chi connectivity index (χ4n) is 2.18. The molecular weight excluding hydrogens is 194 g/mol. The van der Waals surface area contributed by atoms with E-state index in [1.807, 2.05) is 29.8 Å². The number of carboxylic acids is 1. The van der Waals surface area contributed by atoms with Gasteiger partial charge in [-0.2, -0.15) is 0 Å². The normalized spacial score (nSPS) is 25.7. The second-order valence-corrected chi connectivity index (χ2v) is 3.76. The number of ether oxygens (including phenoxy) is 1. The minimum Gasteiger partial charge on any atom is -0.479 e. The SMILES string of the molecule is CCn1cccc1C1(C(=O)O)CCCO1. The summed E-state index contributed by atoms with van der Waals surface area (Å²) in [5.41, 5.74) is -0.352. The minimum absolute atomic E-state index is 0.529. The zero-order chi connectivity index (χ0) is 10.9. The first-order chi connectivity index (χ1) is 7.20. The average Bonchev–Trinajstić information content (AvgIpc) is 2.86. The highest BCUT2D eigenvalue weighted by Gasteiger charge is 2.46. The lowest BCUT2D eigenvalue weighted by Crippen LogP contribution is -2.36. The van der Waals surface area contributed by atoms with E-state index in [0.717, 1.165) is 18.7 Å². The van der Waals surface area contributed by atoms with Crippen LogP contribution in [0.2, 0.25) is 0 Å². The van der Waals surface area contributed by atoms with Crippen molar-refractivity contribution in [3.8, 4) is 0 Å². The minimum atomic E-state index is -1.11. The number of aryl methyl sites for hydroxylation is 1. The molecule has 1 atom stereocenters. The van der Waals surface area contributed by atoms with E-state index in [-0.39, 0.29) is 0 Å². The maximum atomic E-state index is 11.4. The molecule has 1 aromatic rings. The van der Waals surface area contributed by atoms with E-state index in [2.05, 4.69) is 0 Å². The molecule has 0 saturated carbocycles. The highest BCUT2D eigenvalue weighted by molar-refractivity contribution is 5.79. The highest BCUT2D eigenvalue weighted by atomic mass is 16.5. The van der Waals surface area contributed by atoms with Crippen LogP contribution in [0, 0.1) is 0 Å². The second kappa shape index (κ2) is 3.70. The molecule has 0 bridgehead atoms. The van der Waals surface area contributed by atoms with E-state index in [4.69, 9.17) is 4.74 Å². The smallest absolute Gasteiger partial charge is 0.342 e. The lowest BCUT2D eigenvalue weighted by atomic mass is 9.96. The molecule has 0 aromatic carbocycles. The zero-order valence-electron chi connectivity index (χ0n) is 8.77. The fraction of sp³-hybridized carbons (Fsp3) is 0.545. The summed E-state index contributed by atoms with van der Waals surface area (Å²) in [4.78, 5) is 11.4. The monoisotopic (exact) mass is 209 g/mol. The molecule has 2 heterocycles. The van der Waals surface area contributed by atoms with Gasteiger partial charge in [0.1, 0.15) is 0 Å². The molecular formula is C11H15NO3. The van der Waals surface area contributed by atoms with Gasteiger partial charge in [0.25, 0.3) is 0 Å². The quantitative estimate of drug-likeness (QED) is 0.822. The number of hydrogen-bond acceptors (Lipinski definition) is 2. The largest absolute Gasteiger partial charge is 0.479 e. The van der Waals surface area contributed by atoms with Crippen molar-refractivity contribution in [2.45, 2.75) is 31.9 Å². The van der Waals surface area contributed by atoms with Crippen LogP contribution in [-0.2, 0) is 21.7 Å². The summed E-state index contributed by atoms with van der Waals surface area (Å²) < 4.78 is 7.40. The predicted molar refractivity (Wildman–Crippen MR) is 54.6 cm³/mol. The van der Waals surface area contributed by atoms with E-state index in [9.17, 15) is 9.90 Å². The summed E-state index contributed by atoms with van der Waals surface area (Å²) in [6, 6.07) is 3.70. The van der Waals surface area contributed by atoms with E-state index in [1.54, 1.807) is 0 Å². The summed E-state index contributed by atoms with van der Waals surface area (Å²) in [5, 5.41) is 9.32. The topological polar surface area (TPSA) is 51.5 Å². The average molecular weight is 209 g/mol. The molecule has 0 spiro atoms. The fourth-order valence-corrected chi connectivity index (χ4v) is 2.18. The van der Waals surface area contributed by atoms with E-state index in [0.29, 0.717) is 13.0 Å². The number of carboxylic acid groups (broad SMARTS) is 1. The molecule has 1 aliphatic rings. The summed E-state index contributed by atoms with van der Waals surface area (Å²) in [5.74, 6) is -0.881. The number of hydrogen-bond donors (Lipinski definition) is 1. The molecule has 4 nitrogen and oxygen atoms in total. The third-order valence-corrected chi connectivity index (χ3v) is 2.95. The third kappa shape index (κ3) is 1.45. The summed E-state index contributed by atoms with van der Waals surface area (Å²) in [6.45, 7) is 3.29. The van der Waals surface area contributed by atoms with Crippen molar-refractivity contribution in [2.75, 3.05) is 6.61 Å². The van der Waals surface area contributed by atoms with Crippen molar-refractivity contribution in [3.63, 3.8) is 0 Å². The van der Waals surface area contributed by atoms with Gasteiger partial charge >= 0.3 is 5.97 Å². The van der Waals surface area contributed by atoms with Crippen molar-refractivity contribution >= 4 is 5.97 Å². The summed E-state index contributed by atoms with van der Waals surface area (Å²) >= 11 is 0. The van der Waals surface area contributed by atoms with Crippen LogP contribution >= 0.6 is 0 Å². The molecule has 1 saturated heterocycles. The maximum absolute atomic E-state index is 11.4. The van der Waals surface area contributed by atoms with Crippen LogP contribution in [0.3, 0.4) is 0 Å². The van der Waals surface area contributed by atoms with E-state index >= 15 is 0 Å². The first-order valence-corrected chi connectivity index (χ1v) is 5.23. The van der Waals surface area contributed by atoms with Crippen LogP contribution in [0.4, 0.5) is 0 Å². The summed E-state index contributed by atoms with van der Waals surface area (Å²) in [6.07, 6.45) is 3.26. The van der Waals surface area contributed by atoms with E-state index < -0.39 is 11.6 Å². The number of carbonyl (C=O) groups is 1. The number of aliphatic carboxylic acids is 1. The molecule has 1 fully saturated rings. The van der Waals surface area contributed by atoms with Gasteiger partial charge in [0.15, 0.2) is 0 Å². The Kier molecular flexibility index (Phi) is 2.52. The van der Waals surface area contributed by atoms with Crippen molar-refractivity contribution < 1.29 is 14.6 Å². The molecule has 0 radical (unpaired) electrons. The van der Waals surface area contributed by atoms with Crippen molar-refractivity contribution in [3.05, 3.63) is 24.0 Å². The lowest BCUT2D eigenvalue weighted by molar-refractivity contribution is -0.162. The Morgan fingerprint density at radius 1 is 1.73 bits per heavy atom. The Hall–Kier alpha value is -1.29. The third-order valence-electron chi connectivity index (χ3n) is 2.95. The number of aromatic nitrogens is 1. The van der Waals surface area contributed by atoms with Gasteiger partial charge < -0.3 is 14.4 Å². The Labute approximate surface area is 88.5 Å². The van der Waals surface area contributed by atoms with E-state index in [1.165, 1.54) is 0 Å². The van der Waals surface area contributed by atoms with Crippen molar-refractivity contribution in [1.29, 1.82) is 0 Å². The van der Waals surface area contributed by atoms with Crippen LogP contribution in [0.15, 0.2) is 18.3 Å². The molecule has 1 N–H and O–H groups in total. The highest BCUT2D eigenvalue weighted by Crippen LogP contribution is 2.36. The van der Waals surface area contributed by atoms with Gasteiger partial charge in [0, 0.05) is 19.3 Å². The van der Waals surface area contributed by atoms with Gasteiger partial charge in [0.2, 0.25) is 5.60 Å². The molecule has 1 unspecified atom stereocenters. The first-order valence-electron chi connectivity index (χ1n) is 5.23. The van der Waals surface area contributed by atoms with Crippen LogP contribution in [0.1, 0.15) is 25.5 Å². The zero-order valence-corrected chi connectivity index (χ0v) is 8.77. The summed E-state index contributed by atoms with van der Waals surface area (Å²) in [7, 11) is 0. The van der Waals surface area contributed by atoms with Gasteiger partial charge in [0.05, 0.1) is 5.69 Å². The molecule has 1 aliphatic heterocycles. The van der Waals surface area contributed by atoms with Crippen LogP contribution in [-0.4, -0.2) is 22.2 Å². The standard InChI is InChI=1S/C11H15NO3/c1-2-12-7-3-5-9(12)11(10(13)14)6-4-8-15-11/h3,5,7H,2,4,6,8H2,1H3,(H,13,14). The van der Waals surface area contributed by atoms with Gasteiger partial charge in [-0.1, -0.05) is 0 Å². The van der Waals surface area contributed by atoms with Crippen LogP contribution < -0.4 is 0 Å². The van der Waals surface area contributed by atoms with Gasteiger partial charge in [-0.3, -0.25) is 0 Å². The molecule has 15 heavy (non-hydrogen) atoms. The Morgan fingerprint density at radius 3 is 3.07 bits per heavy atom.